The molecule has 5 nitrogen and oxygen atoms in total. The summed E-state index contributed by atoms with van der Waals surface area (Å²) in [6.07, 6.45) is 1.70. The highest BCUT2D eigenvalue weighted by atomic mass is 32.2. The van der Waals surface area contributed by atoms with Crippen molar-refractivity contribution >= 4 is 29.1 Å². The fourth-order valence-electron chi connectivity index (χ4n) is 2.52. The first-order valence-corrected chi connectivity index (χ1v) is 9.23. The summed E-state index contributed by atoms with van der Waals surface area (Å²) < 4.78 is 5.17. The molecule has 1 aliphatic heterocycles. The van der Waals surface area contributed by atoms with E-state index in [1.165, 1.54) is 17.3 Å². The molecule has 1 aliphatic rings. The van der Waals surface area contributed by atoms with Crippen molar-refractivity contribution in [3.05, 3.63) is 65.2 Å². The summed E-state index contributed by atoms with van der Waals surface area (Å²) >= 11 is 1.43. The van der Waals surface area contributed by atoms with E-state index in [2.05, 4.69) is 10.2 Å². The van der Waals surface area contributed by atoms with Gasteiger partial charge in [-0.1, -0.05) is 53.7 Å². The van der Waals surface area contributed by atoms with Crippen molar-refractivity contribution in [2.45, 2.75) is 25.6 Å². The minimum atomic E-state index is -0.151. The molecule has 0 N–H and O–H groups in total. The lowest BCUT2D eigenvalue weighted by Gasteiger charge is -2.15. The van der Waals surface area contributed by atoms with Crippen molar-refractivity contribution in [2.24, 2.45) is 10.2 Å². The van der Waals surface area contributed by atoms with Crippen molar-refractivity contribution in [2.75, 3.05) is 7.11 Å². The molecular weight excluding hydrogens is 346 g/mol. The molecule has 1 heterocycles. The number of hydrogen-bond acceptors (Lipinski definition) is 5. The van der Waals surface area contributed by atoms with Crippen molar-refractivity contribution in [1.82, 2.24) is 4.90 Å². The van der Waals surface area contributed by atoms with Gasteiger partial charge in [0.15, 0.2) is 5.17 Å². The summed E-state index contributed by atoms with van der Waals surface area (Å²) in [5.74, 6) is 0.843. The van der Waals surface area contributed by atoms with Crippen molar-refractivity contribution in [3.63, 3.8) is 0 Å². The lowest BCUT2D eigenvalue weighted by atomic mass is 10.2. The number of thioether (sulfide) groups is 1. The summed E-state index contributed by atoms with van der Waals surface area (Å²) in [5, 5.41) is 8.93. The number of nitrogens with zero attached hydrogens (tertiary/aromatic N) is 3. The summed E-state index contributed by atoms with van der Waals surface area (Å²) in [4.78, 5) is 14.1. The van der Waals surface area contributed by atoms with E-state index in [1.54, 1.807) is 18.2 Å². The number of carbonyl (C=O) groups excluding carboxylic acids is 1. The van der Waals surface area contributed by atoms with Gasteiger partial charge in [-0.15, -0.1) is 5.10 Å². The summed E-state index contributed by atoms with van der Waals surface area (Å²) in [6.45, 7) is 4.40. The predicted molar refractivity (Wildman–Crippen MR) is 107 cm³/mol. The Kier molecular flexibility index (Phi) is 5.73. The smallest absolute Gasteiger partial charge is 0.242 e. The third-order valence-corrected chi connectivity index (χ3v) is 5.12. The van der Waals surface area contributed by atoms with E-state index in [4.69, 9.17) is 4.74 Å². The molecule has 1 amide bonds. The van der Waals surface area contributed by atoms with Crippen LogP contribution in [-0.4, -0.2) is 34.5 Å². The van der Waals surface area contributed by atoms with Gasteiger partial charge in [0, 0.05) is 0 Å². The minimum Gasteiger partial charge on any atom is -0.497 e. The van der Waals surface area contributed by atoms with Gasteiger partial charge in [0.1, 0.15) is 5.75 Å². The molecule has 0 saturated carbocycles. The maximum Gasteiger partial charge on any atom is 0.242 e. The van der Waals surface area contributed by atoms with Crippen LogP contribution in [0.3, 0.4) is 0 Å². The number of ether oxygens (including phenoxy) is 1. The second-order valence-corrected chi connectivity index (χ2v) is 7.38. The topological polar surface area (TPSA) is 54.3 Å². The lowest BCUT2D eigenvalue weighted by molar-refractivity contribution is -0.126. The highest BCUT2D eigenvalue weighted by Crippen LogP contribution is 2.28. The fraction of sp³-hybridized carbons (Fsp3) is 0.250. The number of benzene rings is 2. The van der Waals surface area contributed by atoms with Crippen LogP contribution in [0.15, 0.2) is 58.7 Å². The van der Waals surface area contributed by atoms with E-state index in [-0.39, 0.29) is 11.2 Å². The molecule has 0 aromatic heterocycles. The molecule has 3 rings (SSSR count). The molecule has 0 bridgehead atoms. The Morgan fingerprint density at radius 3 is 2.50 bits per heavy atom. The average Bonchev–Trinajstić information content (AvgIpc) is 2.92. The van der Waals surface area contributed by atoms with Gasteiger partial charge in [0.05, 0.1) is 25.1 Å². The van der Waals surface area contributed by atoms with Crippen molar-refractivity contribution < 1.29 is 9.53 Å². The number of aryl methyl sites for hydroxylation is 1. The minimum absolute atomic E-state index is 0.0510. The second-order valence-electron chi connectivity index (χ2n) is 6.07. The Labute approximate surface area is 157 Å². The molecule has 134 valence electrons. The number of hydrogen-bond donors (Lipinski definition) is 0. The molecule has 1 fully saturated rings. The molecule has 0 aliphatic carbocycles. The first-order valence-electron chi connectivity index (χ1n) is 8.35. The molecular formula is C20H21N3O2S. The van der Waals surface area contributed by atoms with Gasteiger partial charge in [0.25, 0.3) is 0 Å². The Bertz CT molecular complexity index is 829. The Morgan fingerprint density at radius 2 is 1.85 bits per heavy atom. The van der Waals surface area contributed by atoms with Gasteiger partial charge in [-0.25, -0.2) is 0 Å². The first-order chi connectivity index (χ1) is 12.6. The number of methoxy groups -OCH3 is 1. The van der Waals surface area contributed by atoms with Crippen LogP contribution in [0.25, 0.3) is 0 Å². The SMILES string of the molecule is COc1ccc(CN2C(=O)[C@@H](C)S/C2=N\N=C/c2ccc(C)cc2)cc1. The zero-order valence-corrected chi connectivity index (χ0v) is 15.9. The van der Waals surface area contributed by atoms with Crippen LogP contribution in [0.5, 0.6) is 5.75 Å². The van der Waals surface area contributed by atoms with E-state index in [0.717, 1.165) is 16.9 Å². The molecule has 0 spiro atoms. The fourth-order valence-corrected chi connectivity index (χ4v) is 3.44. The lowest BCUT2D eigenvalue weighted by Crippen LogP contribution is -2.30. The van der Waals surface area contributed by atoms with E-state index < -0.39 is 0 Å². The van der Waals surface area contributed by atoms with Gasteiger partial charge in [0.2, 0.25) is 5.91 Å². The molecule has 26 heavy (non-hydrogen) atoms. The zero-order chi connectivity index (χ0) is 18.5. The van der Waals surface area contributed by atoms with Crippen LogP contribution in [0.2, 0.25) is 0 Å². The third kappa shape index (κ3) is 4.32. The molecule has 0 unspecified atom stereocenters. The quantitative estimate of drug-likeness (QED) is 0.596. The standard InChI is InChI=1S/C20H21N3O2S/c1-14-4-6-16(7-5-14)12-21-22-20-23(19(24)15(2)26-20)13-17-8-10-18(25-3)11-9-17/h4-12,15H,13H2,1-3H3/b21-12-,22-20-/t15-/m1/s1. The Balaban J connectivity index is 1.75. The molecule has 1 atom stereocenters. The highest BCUT2D eigenvalue weighted by molar-refractivity contribution is 8.15. The molecule has 6 heteroatoms. The van der Waals surface area contributed by atoms with Crippen LogP contribution in [-0.2, 0) is 11.3 Å². The van der Waals surface area contributed by atoms with Crippen molar-refractivity contribution in [3.8, 4) is 5.75 Å². The molecule has 2 aromatic rings. The normalized spacial score (nSPS) is 18.9. The monoisotopic (exact) mass is 367 g/mol. The van der Waals surface area contributed by atoms with Crippen LogP contribution < -0.4 is 4.74 Å². The maximum atomic E-state index is 12.5. The van der Waals surface area contributed by atoms with Gasteiger partial charge < -0.3 is 4.74 Å². The number of amidine groups is 1. The van der Waals surface area contributed by atoms with E-state index in [9.17, 15) is 4.79 Å². The number of amides is 1. The van der Waals surface area contributed by atoms with E-state index >= 15 is 0 Å². The van der Waals surface area contributed by atoms with Gasteiger partial charge in [-0.05, 0) is 37.1 Å². The van der Waals surface area contributed by atoms with Gasteiger partial charge in [-0.2, -0.15) is 5.10 Å². The highest BCUT2D eigenvalue weighted by Gasteiger charge is 2.35. The average molecular weight is 367 g/mol. The van der Waals surface area contributed by atoms with Crippen LogP contribution in [0.1, 0.15) is 23.6 Å². The predicted octanol–water partition coefficient (Wildman–Crippen LogP) is 3.86. The van der Waals surface area contributed by atoms with Crippen LogP contribution in [0, 0.1) is 6.92 Å². The molecule has 2 aromatic carbocycles. The molecule has 0 radical (unpaired) electrons. The summed E-state index contributed by atoms with van der Waals surface area (Å²) in [5.41, 5.74) is 3.19. The third-order valence-electron chi connectivity index (χ3n) is 4.05. The largest absolute Gasteiger partial charge is 0.497 e. The van der Waals surface area contributed by atoms with Gasteiger partial charge in [-0.3, -0.25) is 9.69 Å². The van der Waals surface area contributed by atoms with Crippen LogP contribution >= 0.6 is 11.8 Å². The number of rotatable bonds is 5. The van der Waals surface area contributed by atoms with E-state index in [1.807, 2.05) is 62.4 Å². The van der Waals surface area contributed by atoms with E-state index in [0.29, 0.717) is 11.7 Å². The number of carbonyl (C=O) groups is 1. The zero-order valence-electron chi connectivity index (χ0n) is 15.0. The maximum absolute atomic E-state index is 12.5. The van der Waals surface area contributed by atoms with Crippen molar-refractivity contribution in [1.29, 1.82) is 0 Å². The Hall–Kier alpha value is -2.60. The summed E-state index contributed by atoms with van der Waals surface area (Å²) in [7, 11) is 1.63. The van der Waals surface area contributed by atoms with Gasteiger partial charge >= 0.3 is 0 Å². The Morgan fingerprint density at radius 1 is 1.15 bits per heavy atom. The second kappa shape index (κ2) is 8.19. The first kappa shape index (κ1) is 18.2. The van der Waals surface area contributed by atoms with Crippen LogP contribution in [0.4, 0.5) is 0 Å². The summed E-state index contributed by atoms with van der Waals surface area (Å²) in [6, 6.07) is 15.7. The molecule has 1 saturated heterocycles.